The Morgan fingerprint density at radius 3 is 2.00 bits per heavy atom. The highest BCUT2D eigenvalue weighted by Crippen LogP contribution is 2.25. The van der Waals surface area contributed by atoms with Crippen LogP contribution in [0.1, 0.15) is 33.3 Å². The van der Waals surface area contributed by atoms with E-state index in [4.69, 9.17) is 10.5 Å². The van der Waals surface area contributed by atoms with Gasteiger partial charge in [0.25, 0.3) is 0 Å². The summed E-state index contributed by atoms with van der Waals surface area (Å²) in [6, 6.07) is 10.1. The molecular formula is C14H23NO. The van der Waals surface area contributed by atoms with Gasteiger partial charge < -0.3 is 10.5 Å². The van der Waals surface area contributed by atoms with Gasteiger partial charge in [-0.25, -0.2) is 0 Å². The summed E-state index contributed by atoms with van der Waals surface area (Å²) < 4.78 is 5.92. The van der Waals surface area contributed by atoms with Gasteiger partial charge in [0.2, 0.25) is 0 Å². The van der Waals surface area contributed by atoms with Gasteiger partial charge in [0.05, 0.1) is 6.61 Å². The number of benzene rings is 1. The van der Waals surface area contributed by atoms with Crippen molar-refractivity contribution in [3.63, 3.8) is 0 Å². The Bertz CT molecular complexity index is 298. The molecular weight excluding hydrogens is 198 g/mol. The molecule has 0 heterocycles. The maximum atomic E-state index is 6.31. The van der Waals surface area contributed by atoms with E-state index in [2.05, 4.69) is 39.8 Å². The lowest BCUT2D eigenvalue weighted by Gasteiger charge is -2.37. The molecule has 0 radical (unpaired) electrons. The minimum atomic E-state index is -0.546. The fourth-order valence-electron chi connectivity index (χ4n) is 1.78. The van der Waals surface area contributed by atoms with Crippen LogP contribution >= 0.6 is 0 Å². The first-order chi connectivity index (χ1) is 7.47. The molecule has 0 saturated carbocycles. The van der Waals surface area contributed by atoms with Crippen LogP contribution in [0.2, 0.25) is 0 Å². The fraction of sp³-hybridized carbons (Fsp3) is 0.571. The molecule has 0 amide bonds. The number of rotatable bonds is 5. The lowest BCUT2D eigenvalue weighted by atomic mass is 9.89. The van der Waals surface area contributed by atoms with Crippen molar-refractivity contribution in [1.29, 1.82) is 0 Å². The van der Waals surface area contributed by atoms with E-state index in [9.17, 15) is 0 Å². The topological polar surface area (TPSA) is 35.2 Å². The highest BCUT2D eigenvalue weighted by atomic mass is 16.5. The standard InChI is InChI=1S/C14H23NO/c1-11(2)14(15,12(3)4)16-10-13-8-6-5-7-9-13/h5-9,11-12H,10,15H2,1-4H3. The average Bonchev–Trinajstić information content (AvgIpc) is 2.26. The third-order valence-electron chi connectivity index (χ3n) is 3.14. The SMILES string of the molecule is CC(C)C(N)(OCc1ccccc1)C(C)C. The molecule has 0 unspecified atom stereocenters. The van der Waals surface area contributed by atoms with Gasteiger partial charge in [0.15, 0.2) is 0 Å². The molecule has 90 valence electrons. The zero-order valence-corrected chi connectivity index (χ0v) is 10.7. The van der Waals surface area contributed by atoms with Gasteiger partial charge in [0, 0.05) is 0 Å². The van der Waals surface area contributed by atoms with Crippen LogP contribution in [0.3, 0.4) is 0 Å². The highest BCUT2D eigenvalue weighted by Gasteiger charge is 2.33. The van der Waals surface area contributed by atoms with E-state index < -0.39 is 5.72 Å². The van der Waals surface area contributed by atoms with Crippen LogP contribution in [-0.4, -0.2) is 5.72 Å². The molecule has 16 heavy (non-hydrogen) atoms. The molecule has 2 N–H and O–H groups in total. The van der Waals surface area contributed by atoms with Crippen LogP contribution in [0, 0.1) is 11.8 Å². The van der Waals surface area contributed by atoms with E-state index in [0.717, 1.165) is 0 Å². The van der Waals surface area contributed by atoms with E-state index in [0.29, 0.717) is 18.4 Å². The van der Waals surface area contributed by atoms with Crippen molar-refractivity contribution < 1.29 is 4.74 Å². The van der Waals surface area contributed by atoms with Crippen molar-refractivity contribution in [2.24, 2.45) is 17.6 Å². The Balaban J connectivity index is 2.65. The first-order valence-corrected chi connectivity index (χ1v) is 5.93. The number of hydrogen-bond donors (Lipinski definition) is 1. The second-order valence-electron chi connectivity index (χ2n) is 4.94. The highest BCUT2D eigenvalue weighted by molar-refractivity contribution is 5.13. The zero-order valence-electron chi connectivity index (χ0n) is 10.7. The van der Waals surface area contributed by atoms with Crippen LogP contribution in [0.4, 0.5) is 0 Å². The normalized spacial score (nSPS) is 12.4. The summed E-state index contributed by atoms with van der Waals surface area (Å²) in [6.45, 7) is 8.99. The molecule has 0 aromatic heterocycles. The number of nitrogens with two attached hydrogens (primary N) is 1. The molecule has 0 aliphatic rings. The molecule has 1 aromatic rings. The molecule has 1 aromatic carbocycles. The minimum Gasteiger partial charge on any atom is -0.356 e. The monoisotopic (exact) mass is 221 g/mol. The van der Waals surface area contributed by atoms with E-state index in [1.807, 2.05) is 18.2 Å². The maximum absolute atomic E-state index is 6.31. The third kappa shape index (κ3) is 3.06. The predicted octanol–water partition coefficient (Wildman–Crippen LogP) is 3.17. The Morgan fingerprint density at radius 1 is 1.06 bits per heavy atom. The molecule has 0 aliphatic carbocycles. The molecule has 1 rings (SSSR count). The second kappa shape index (κ2) is 5.46. The second-order valence-corrected chi connectivity index (χ2v) is 4.94. The summed E-state index contributed by atoms with van der Waals surface area (Å²) in [5, 5.41) is 0. The summed E-state index contributed by atoms with van der Waals surface area (Å²) >= 11 is 0. The first kappa shape index (κ1) is 13.2. The Kier molecular flexibility index (Phi) is 4.51. The van der Waals surface area contributed by atoms with Gasteiger partial charge in [-0.2, -0.15) is 0 Å². The molecule has 2 nitrogen and oxygen atoms in total. The van der Waals surface area contributed by atoms with Gasteiger partial charge in [-0.05, 0) is 17.4 Å². The molecule has 0 bridgehead atoms. The predicted molar refractivity (Wildman–Crippen MR) is 67.8 cm³/mol. The van der Waals surface area contributed by atoms with Crippen molar-refractivity contribution in [2.75, 3.05) is 0 Å². The van der Waals surface area contributed by atoms with Gasteiger partial charge in [-0.15, -0.1) is 0 Å². The van der Waals surface area contributed by atoms with Gasteiger partial charge >= 0.3 is 0 Å². The average molecular weight is 221 g/mol. The van der Waals surface area contributed by atoms with E-state index in [1.165, 1.54) is 5.56 Å². The molecule has 0 saturated heterocycles. The fourth-order valence-corrected chi connectivity index (χ4v) is 1.78. The van der Waals surface area contributed by atoms with E-state index in [-0.39, 0.29) is 0 Å². The number of hydrogen-bond acceptors (Lipinski definition) is 2. The smallest absolute Gasteiger partial charge is 0.121 e. The first-order valence-electron chi connectivity index (χ1n) is 5.93. The molecule has 0 spiro atoms. The van der Waals surface area contributed by atoms with Crippen molar-refractivity contribution in [3.8, 4) is 0 Å². The quantitative estimate of drug-likeness (QED) is 0.775. The molecule has 0 fully saturated rings. The third-order valence-corrected chi connectivity index (χ3v) is 3.14. The Morgan fingerprint density at radius 2 is 1.56 bits per heavy atom. The Hall–Kier alpha value is -0.860. The lowest BCUT2D eigenvalue weighted by Crippen LogP contribution is -2.52. The van der Waals surface area contributed by atoms with E-state index >= 15 is 0 Å². The Labute approximate surface area is 98.8 Å². The molecule has 2 heteroatoms. The maximum Gasteiger partial charge on any atom is 0.121 e. The number of ether oxygens (including phenoxy) is 1. The van der Waals surface area contributed by atoms with Crippen molar-refractivity contribution >= 4 is 0 Å². The van der Waals surface area contributed by atoms with Crippen molar-refractivity contribution in [1.82, 2.24) is 0 Å². The van der Waals surface area contributed by atoms with Crippen molar-refractivity contribution in [2.45, 2.75) is 40.0 Å². The van der Waals surface area contributed by atoms with Crippen molar-refractivity contribution in [3.05, 3.63) is 35.9 Å². The van der Waals surface area contributed by atoms with Crippen LogP contribution in [0.5, 0.6) is 0 Å². The summed E-state index contributed by atoms with van der Waals surface area (Å²) in [7, 11) is 0. The minimum absolute atomic E-state index is 0.302. The molecule has 0 aliphatic heterocycles. The lowest BCUT2D eigenvalue weighted by molar-refractivity contribution is -0.115. The van der Waals surface area contributed by atoms with Crippen LogP contribution in [-0.2, 0) is 11.3 Å². The van der Waals surface area contributed by atoms with Gasteiger partial charge in [-0.1, -0.05) is 58.0 Å². The van der Waals surface area contributed by atoms with Crippen LogP contribution in [0.25, 0.3) is 0 Å². The summed E-state index contributed by atoms with van der Waals surface area (Å²) in [5.41, 5.74) is 6.93. The zero-order chi connectivity index (χ0) is 12.2. The van der Waals surface area contributed by atoms with Gasteiger partial charge in [-0.3, -0.25) is 0 Å². The summed E-state index contributed by atoms with van der Waals surface area (Å²) in [6.07, 6.45) is 0. The summed E-state index contributed by atoms with van der Waals surface area (Å²) in [5.74, 6) is 0.604. The van der Waals surface area contributed by atoms with Gasteiger partial charge in [0.1, 0.15) is 5.72 Å². The van der Waals surface area contributed by atoms with E-state index in [1.54, 1.807) is 0 Å². The van der Waals surface area contributed by atoms with Crippen LogP contribution in [0.15, 0.2) is 30.3 Å². The molecule has 0 atom stereocenters. The summed E-state index contributed by atoms with van der Waals surface area (Å²) in [4.78, 5) is 0. The largest absolute Gasteiger partial charge is 0.356 e. The van der Waals surface area contributed by atoms with Crippen LogP contribution < -0.4 is 5.73 Å².